The first-order chi connectivity index (χ1) is 9.81. The van der Waals surface area contributed by atoms with Gasteiger partial charge in [0, 0.05) is 22.8 Å². The van der Waals surface area contributed by atoms with E-state index in [0.717, 1.165) is 22.8 Å². The average molecular weight is 286 g/mol. The predicted molar refractivity (Wildman–Crippen MR) is 78.4 cm³/mol. The Balaban J connectivity index is 1.65. The van der Waals surface area contributed by atoms with Gasteiger partial charge in [0.1, 0.15) is 0 Å². The van der Waals surface area contributed by atoms with Gasteiger partial charge in [0.25, 0.3) is 0 Å². The molecule has 100 valence electrons. The molecule has 2 N–H and O–H groups in total. The molecular formula is C14H12ClN5. The molecule has 6 heteroatoms. The molecule has 0 fully saturated rings. The van der Waals surface area contributed by atoms with Crippen molar-refractivity contribution in [3.63, 3.8) is 0 Å². The lowest BCUT2D eigenvalue weighted by atomic mass is 10.2. The molecule has 0 unspecified atom stereocenters. The molecule has 20 heavy (non-hydrogen) atoms. The number of H-pyrrole nitrogens is 1. The highest BCUT2D eigenvalue weighted by atomic mass is 35.5. The third-order valence-electron chi connectivity index (χ3n) is 2.90. The molecule has 0 aliphatic heterocycles. The average Bonchev–Trinajstić information content (AvgIpc) is 3.01. The quantitative estimate of drug-likeness (QED) is 0.773. The van der Waals surface area contributed by atoms with E-state index in [-0.39, 0.29) is 0 Å². The van der Waals surface area contributed by atoms with Gasteiger partial charge in [-0.1, -0.05) is 23.7 Å². The van der Waals surface area contributed by atoms with E-state index in [9.17, 15) is 0 Å². The SMILES string of the molecule is Clc1ccc(CNc2ccc(-c3nn[nH]n3)cc2)cc1. The Hall–Kier alpha value is -2.40. The fraction of sp³-hybridized carbons (Fsp3) is 0.0714. The summed E-state index contributed by atoms with van der Waals surface area (Å²) in [6.07, 6.45) is 0. The maximum absolute atomic E-state index is 5.86. The standard InChI is InChI=1S/C14H12ClN5/c15-12-5-1-10(2-6-12)9-16-13-7-3-11(4-8-13)14-17-19-20-18-14/h1-8,16H,9H2,(H,17,18,19,20). The van der Waals surface area contributed by atoms with Crippen LogP contribution in [0.4, 0.5) is 5.69 Å². The zero-order valence-electron chi connectivity index (χ0n) is 10.5. The summed E-state index contributed by atoms with van der Waals surface area (Å²) < 4.78 is 0. The van der Waals surface area contributed by atoms with E-state index in [1.165, 1.54) is 5.56 Å². The van der Waals surface area contributed by atoms with Crippen molar-refractivity contribution in [2.24, 2.45) is 0 Å². The van der Waals surface area contributed by atoms with Gasteiger partial charge in [0.2, 0.25) is 5.82 Å². The summed E-state index contributed by atoms with van der Waals surface area (Å²) in [7, 11) is 0. The number of halogens is 1. The van der Waals surface area contributed by atoms with Gasteiger partial charge in [-0.15, -0.1) is 10.2 Å². The molecule has 1 heterocycles. The topological polar surface area (TPSA) is 66.5 Å². The first-order valence-electron chi connectivity index (χ1n) is 6.13. The number of hydrogen-bond donors (Lipinski definition) is 2. The number of rotatable bonds is 4. The summed E-state index contributed by atoms with van der Waals surface area (Å²) in [5, 5.41) is 17.9. The molecule has 3 aromatic rings. The number of aromatic amines is 1. The Morgan fingerprint density at radius 1 is 1.00 bits per heavy atom. The molecule has 0 spiro atoms. The second-order valence-corrected chi connectivity index (χ2v) is 4.73. The lowest BCUT2D eigenvalue weighted by Gasteiger charge is -2.07. The third-order valence-corrected chi connectivity index (χ3v) is 3.15. The van der Waals surface area contributed by atoms with Crippen LogP contribution in [0, 0.1) is 0 Å². The lowest BCUT2D eigenvalue weighted by Crippen LogP contribution is -1.98. The molecular weight excluding hydrogens is 274 g/mol. The number of aromatic nitrogens is 4. The van der Waals surface area contributed by atoms with E-state index in [0.29, 0.717) is 5.82 Å². The summed E-state index contributed by atoms with van der Waals surface area (Å²) >= 11 is 5.86. The van der Waals surface area contributed by atoms with Crippen LogP contribution in [0.1, 0.15) is 5.56 Å². The minimum Gasteiger partial charge on any atom is -0.381 e. The summed E-state index contributed by atoms with van der Waals surface area (Å²) in [6.45, 7) is 0.749. The fourth-order valence-electron chi connectivity index (χ4n) is 1.83. The first kappa shape index (κ1) is 12.6. The van der Waals surface area contributed by atoms with Crippen LogP contribution in [0.15, 0.2) is 48.5 Å². The van der Waals surface area contributed by atoms with E-state index in [2.05, 4.69) is 25.9 Å². The lowest BCUT2D eigenvalue weighted by molar-refractivity contribution is 0.881. The first-order valence-corrected chi connectivity index (χ1v) is 6.51. The van der Waals surface area contributed by atoms with Crippen molar-refractivity contribution in [3.8, 4) is 11.4 Å². The zero-order valence-corrected chi connectivity index (χ0v) is 11.3. The van der Waals surface area contributed by atoms with Gasteiger partial charge in [0.15, 0.2) is 0 Å². The minimum absolute atomic E-state index is 0.592. The molecule has 2 aromatic carbocycles. The predicted octanol–water partition coefficient (Wildman–Crippen LogP) is 3.13. The number of hydrogen-bond acceptors (Lipinski definition) is 4. The smallest absolute Gasteiger partial charge is 0.204 e. The van der Waals surface area contributed by atoms with Crippen molar-refractivity contribution in [1.82, 2.24) is 20.6 Å². The normalized spacial score (nSPS) is 10.4. The van der Waals surface area contributed by atoms with Crippen LogP contribution in [0.3, 0.4) is 0 Å². The molecule has 0 saturated carbocycles. The van der Waals surface area contributed by atoms with Crippen LogP contribution < -0.4 is 5.32 Å². The molecule has 0 bridgehead atoms. The van der Waals surface area contributed by atoms with Gasteiger partial charge in [-0.2, -0.15) is 5.21 Å². The minimum atomic E-state index is 0.592. The fourth-order valence-corrected chi connectivity index (χ4v) is 1.95. The highest BCUT2D eigenvalue weighted by Gasteiger charge is 2.02. The third kappa shape index (κ3) is 2.95. The van der Waals surface area contributed by atoms with Crippen molar-refractivity contribution >= 4 is 17.3 Å². The monoisotopic (exact) mass is 285 g/mol. The Morgan fingerprint density at radius 2 is 1.75 bits per heavy atom. The zero-order chi connectivity index (χ0) is 13.8. The van der Waals surface area contributed by atoms with Crippen molar-refractivity contribution in [1.29, 1.82) is 0 Å². The van der Waals surface area contributed by atoms with Crippen LogP contribution in [0.25, 0.3) is 11.4 Å². The van der Waals surface area contributed by atoms with Crippen molar-refractivity contribution < 1.29 is 0 Å². The van der Waals surface area contributed by atoms with Crippen molar-refractivity contribution in [2.45, 2.75) is 6.54 Å². The van der Waals surface area contributed by atoms with Crippen LogP contribution in [0.2, 0.25) is 5.02 Å². The molecule has 0 aliphatic rings. The number of tetrazole rings is 1. The molecule has 0 saturated heterocycles. The van der Waals surface area contributed by atoms with Crippen LogP contribution in [-0.2, 0) is 6.54 Å². The van der Waals surface area contributed by atoms with Gasteiger partial charge in [-0.05, 0) is 47.2 Å². The molecule has 0 radical (unpaired) electrons. The molecule has 0 amide bonds. The van der Waals surface area contributed by atoms with E-state index >= 15 is 0 Å². The van der Waals surface area contributed by atoms with E-state index in [1.54, 1.807) is 0 Å². The van der Waals surface area contributed by atoms with Gasteiger partial charge >= 0.3 is 0 Å². The highest BCUT2D eigenvalue weighted by Crippen LogP contribution is 2.17. The largest absolute Gasteiger partial charge is 0.381 e. The molecule has 5 nitrogen and oxygen atoms in total. The van der Waals surface area contributed by atoms with Gasteiger partial charge in [0.05, 0.1) is 0 Å². The molecule has 3 rings (SSSR count). The second kappa shape index (κ2) is 5.71. The van der Waals surface area contributed by atoms with Gasteiger partial charge in [-0.3, -0.25) is 0 Å². The summed E-state index contributed by atoms with van der Waals surface area (Å²) in [5.74, 6) is 0.592. The van der Waals surface area contributed by atoms with Crippen LogP contribution in [-0.4, -0.2) is 20.6 Å². The summed E-state index contributed by atoms with van der Waals surface area (Å²) in [5.41, 5.74) is 3.14. The number of nitrogens with one attached hydrogen (secondary N) is 2. The Labute approximate surface area is 121 Å². The van der Waals surface area contributed by atoms with E-state index in [4.69, 9.17) is 11.6 Å². The van der Waals surface area contributed by atoms with Crippen LogP contribution in [0.5, 0.6) is 0 Å². The van der Waals surface area contributed by atoms with Gasteiger partial charge in [-0.25, -0.2) is 0 Å². The van der Waals surface area contributed by atoms with Gasteiger partial charge < -0.3 is 5.32 Å². The van der Waals surface area contributed by atoms with E-state index < -0.39 is 0 Å². The number of benzene rings is 2. The summed E-state index contributed by atoms with van der Waals surface area (Å²) in [6, 6.07) is 15.7. The molecule has 1 aromatic heterocycles. The summed E-state index contributed by atoms with van der Waals surface area (Å²) in [4.78, 5) is 0. The Kier molecular flexibility index (Phi) is 3.60. The van der Waals surface area contributed by atoms with Crippen LogP contribution >= 0.6 is 11.6 Å². The number of anilines is 1. The van der Waals surface area contributed by atoms with Crippen molar-refractivity contribution in [2.75, 3.05) is 5.32 Å². The Morgan fingerprint density at radius 3 is 2.40 bits per heavy atom. The Bertz CT molecular complexity index is 662. The maximum Gasteiger partial charge on any atom is 0.204 e. The van der Waals surface area contributed by atoms with Crippen molar-refractivity contribution in [3.05, 3.63) is 59.1 Å². The molecule has 0 aliphatic carbocycles. The number of nitrogens with zero attached hydrogens (tertiary/aromatic N) is 3. The highest BCUT2D eigenvalue weighted by molar-refractivity contribution is 6.30. The molecule has 0 atom stereocenters. The van der Waals surface area contributed by atoms with E-state index in [1.807, 2.05) is 48.5 Å². The maximum atomic E-state index is 5.86. The second-order valence-electron chi connectivity index (χ2n) is 4.29.